The molecular weight excluding hydrogens is 404 g/mol. The molecule has 5 heteroatoms. The highest BCUT2D eigenvalue weighted by Gasteiger charge is 2.58. The monoisotopic (exact) mass is 446 g/mol. The van der Waals surface area contributed by atoms with Crippen molar-refractivity contribution in [2.24, 2.45) is 17.3 Å². The van der Waals surface area contributed by atoms with E-state index >= 15 is 0 Å². The van der Waals surface area contributed by atoms with Gasteiger partial charge in [0, 0.05) is 0 Å². The fourth-order valence-corrected chi connectivity index (χ4v) is 9.21. The number of benzene rings is 1. The fraction of sp³-hybridized carbons (Fsp3) is 0.760. The second-order valence-corrected chi connectivity index (χ2v) is 21.1. The van der Waals surface area contributed by atoms with E-state index in [0.717, 1.165) is 12.2 Å². The van der Waals surface area contributed by atoms with Gasteiger partial charge < -0.3 is 13.6 Å². The summed E-state index contributed by atoms with van der Waals surface area (Å²) in [6.07, 6.45) is 6.85. The van der Waals surface area contributed by atoms with E-state index in [9.17, 15) is 0 Å². The van der Waals surface area contributed by atoms with Crippen LogP contribution in [-0.4, -0.2) is 36.0 Å². The molecule has 0 saturated heterocycles. The number of methoxy groups -OCH3 is 1. The number of hydrogen-bond donors (Lipinski definition) is 0. The Hall–Kier alpha value is -0.626. The minimum Gasteiger partial charge on any atom is -0.497 e. The van der Waals surface area contributed by atoms with Gasteiger partial charge in [0.05, 0.1) is 19.3 Å². The van der Waals surface area contributed by atoms with Crippen molar-refractivity contribution in [3.8, 4) is 5.75 Å². The Morgan fingerprint density at radius 2 is 1.63 bits per heavy atom. The van der Waals surface area contributed by atoms with E-state index in [1.165, 1.54) is 31.2 Å². The minimum atomic E-state index is -1.64. The van der Waals surface area contributed by atoms with Gasteiger partial charge in [0.2, 0.25) is 0 Å². The Morgan fingerprint density at radius 1 is 0.933 bits per heavy atom. The van der Waals surface area contributed by atoms with Crippen LogP contribution >= 0.6 is 0 Å². The summed E-state index contributed by atoms with van der Waals surface area (Å²) in [5, 5.41) is 0. The van der Waals surface area contributed by atoms with Crippen molar-refractivity contribution in [2.75, 3.05) is 7.11 Å². The first-order valence-electron chi connectivity index (χ1n) is 11.9. The van der Waals surface area contributed by atoms with Crippen LogP contribution in [0, 0.1) is 17.3 Å². The number of ether oxygens (including phenoxy) is 1. The molecule has 4 rings (SSSR count). The molecule has 0 aromatic heterocycles. The predicted octanol–water partition coefficient (Wildman–Crippen LogP) is 6.60. The van der Waals surface area contributed by atoms with E-state index in [4.69, 9.17) is 13.6 Å². The maximum Gasteiger partial charge on any atom is 0.184 e. The normalized spacial score (nSPS) is 36.1. The molecular formula is C25H42O3Si2. The highest BCUT2D eigenvalue weighted by atomic mass is 28.4. The second-order valence-electron chi connectivity index (χ2n) is 12.2. The molecule has 0 unspecified atom stereocenters. The van der Waals surface area contributed by atoms with Crippen LogP contribution in [0.5, 0.6) is 5.75 Å². The lowest BCUT2D eigenvalue weighted by Crippen LogP contribution is -2.53. The Labute approximate surface area is 186 Å². The van der Waals surface area contributed by atoms with Crippen molar-refractivity contribution in [3.63, 3.8) is 0 Å². The number of rotatable bonds is 5. The highest BCUT2D eigenvalue weighted by molar-refractivity contribution is 6.70. The summed E-state index contributed by atoms with van der Waals surface area (Å²) in [5.41, 5.74) is 3.31. The molecule has 0 heterocycles. The molecule has 168 valence electrons. The van der Waals surface area contributed by atoms with Crippen LogP contribution < -0.4 is 4.74 Å². The van der Waals surface area contributed by atoms with Gasteiger partial charge in [-0.05, 0) is 118 Å². The van der Waals surface area contributed by atoms with Gasteiger partial charge in [-0.2, -0.15) is 0 Å². The SMILES string of the molecule is COc1ccc2c(c1)C[C@@H](O[Si](C)(C)C)[C@@H]1[C@@H]2CC[C@]2(C)[C@@H](O[Si](C)(C)C)CC[C@@H]12. The van der Waals surface area contributed by atoms with E-state index in [1.54, 1.807) is 12.7 Å². The third-order valence-corrected chi connectivity index (χ3v) is 9.85. The van der Waals surface area contributed by atoms with E-state index in [-0.39, 0.29) is 0 Å². The van der Waals surface area contributed by atoms with Crippen molar-refractivity contribution >= 4 is 16.6 Å². The van der Waals surface area contributed by atoms with E-state index < -0.39 is 16.6 Å². The number of hydrogen-bond acceptors (Lipinski definition) is 3. The summed E-state index contributed by atoms with van der Waals surface area (Å²) in [7, 11) is -1.42. The molecule has 1 aromatic carbocycles. The van der Waals surface area contributed by atoms with Crippen molar-refractivity contribution in [1.82, 2.24) is 0 Å². The van der Waals surface area contributed by atoms with E-state index in [1.807, 2.05) is 0 Å². The lowest BCUT2D eigenvalue weighted by Gasteiger charge is -2.54. The lowest BCUT2D eigenvalue weighted by molar-refractivity contribution is -0.0527. The molecule has 0 bridgehead atoms. The Bertz CT molecular complexity index is 782. The Kier molecular flexibility index (Phi) is 5.83. The van der Waals surface area contributed by atoms with Crippen LogP contribution in [0.2, 0.25) is 39.3 Å². The zero-order valence-electron chi connectivity index (χ0n) is 20.4. The quantitative estimate of drug-likeness (QED) is 0.477. The summed E-state index contributed by atoms with van der Waals surface area (Å²) in [6.45, 7) is 16.6. The molecule has 0 amide bonds. The number of fused-ring (bicyclic) bond motifs is 5. The first kappa shape index (κ1) is 22.6. The largest absolute Gasteiger partial charge is 0.497 e. The van der Waals surface area contributed by atoms with Gasteiger partial charge in [-0.25, -0.2) is 0 Å². The van der Waals surface area contributed by atoms with Gasteiger partial charge in [-0.3, -0.25) is 0 Å². The summed E-state index contributed by atoms with van der Waals surface area (Å²) in [5.74, 6) is 2.91. The fourth-order valence-electron chi connectivity index (χ4n) is 6.82. The maximum absolute atomic E-state index is 6.93. The summed E-state index contributed by atoms with van der Waals surface area (Å²) in [4.78, 5) is 0. The van der Waals surface area contributed by atoms with Gasteiger partial charge >= 0.3 is 0 Å². The van der Waals surface area contributed by atoms with Gasteiger partial charge in [0.25, 0.3) is 0 Å². The first-order chi connectivity index (χ1) is 13.9. The summed E-state index contributed by atoms with van der Waals surface area (Å²) < 4.78 is 19.3. The van der Waals surface area contributed by atoms with Crippen LogP contribution in [0.15, 0.2) is 18.2 Å². The predicted molar refractivity (Wildman–Crippen MR) is 129 cm³/mol. The van der Waals surface area contributed by atoms with Gasteiger partial charge in [0.1, 0.15) is 5.75 Å². The molecule has 3 aliphatic carbocycles. The van der Waals surface area contributed by atoms with Crippen molar-refractivity contribution in [2.45, 2.75) is 96.4 Å². The van der Waals surface area contributed by atoms with E-state index in [2.05, 4.69) is 64.4 Å². The highest BCUT2D eigenvalue weighted by Crippen LogP contribution is 2.62. The van der Waals surface area contributed by atoms with Crippen LogP contribution in [0.1, 0.15) is 49.7 Å². The van der Waals surface area contributed by atoms with E-state index in [0.29, 0.717) is 35.4 Å². The van der Waals surface area contributed by atoms with Crippen molar-refractivity contribution < 1.29 is 13.6 Å². The van der Waals surface area contributed by atoms with Crippen LogP contribution in [0.25, 0.3) is 0 Å². The molecule has 2 fully saturated rings. The third kappa shape index (κ3) is 4.19. The zero-order valence-corrected chi connectivity index (χ0v) is 22.4. The van der Waals surface area contributed by atoms with Gasteiger partial charge in [-0.15, -0.1) is 0 Å². The van der Waals surface area contributed by atoms with Gasteiger partial charge in [-0.1, -0.05) is 13.0 Å². The molecule has 2 saturated carbocycles. The maximum atomic E-state index is 6.93. The molecule has 0 N–H and O–H groups in total. The first-order valence-corrected chi connectivity index (χ1v) is 18.8. The topological polar surface area (TPSA) is 27.7 Å². The smallest absolute Gasteiger partial charge is 0.184 e. The second kappa shape index (κ2) is 7.75. The molecule has 0 aliphatic heterocycles. The molecule has 0 spiro atoms. The van der Waals surface area contributed by atoms with Crippen LogP contribution in [0.4, 0.5) is 0 Å². The molecule has 0 radical (unpaired) electrons. The Balaban J connectivity index is 1.71. The summed E-state index contributed by atoms with van der Waals surface area (Å²) in [6, 6.07) is 6.78. The van der Waals surface area contributed by atoms with Crippen LogP contribution in [0.3, 0.4) is 0 Å². The molecule has 3 nitrogen and oxygen atoms in total. The molecule has 6 atom stereocenters. The average molecular weight is 447 g/mol. The standard InChI is InChI=1S/C25H42O3Si2/c1-25-14-13-20-19-10-9-18(26-2)15-17(19)16-22(27-29(3,4)5)24(20)21(25)11-12-23(25)28-30(6,7)8/h9-10,15,20-24H,11-14,16H2,1-8H3/t20-,21+,22-,23+,24-,25+/m1/s1. The molecule has 1 aromatic rings. The van der Waals surface area contributed by atoms with Crippen LogP contribution in [-0.2, 0) is 15.3 Å². The van der Waals surface area contributed by atoms with Crippen molar-refractivity contribution in [1.29, 1.82) is 0 Å². The van der Waals surface area contributed by atoms with Gasteiger partial charge in [0.15, 0.2) is 16.6 Å². The average Bonchev–Trinajstić information content (AvgIpc) is 2.94. The zero-order chi connectivity index (χ0) is 21.9. The minimum absolute atomic E-state index is 0.298. The Morgan fingerprint density at radius 3 is 2.27 bits per heavy atom. The molecule has 30 heavy (non-hydrogen) atoms. The molecule has 3 aliphatic rings. The summed E-state index contributed by atoms with van der Waals surface area (Å²) >= 11 is 0. The lowest BCUT2D eigenvalue weighted by atomic mass is 9.54. The van der Waals surface area contributed by atoms with Crippen molar-refractivity contribution in [3.05, 3.63) is 29.3 Å². The third-order valence-electron chi connectivity index (χ3n) is 7.85.